The van der Waals surface area contributed by atoms with Gasteiger partial charge in [-0.3, -0.25) is 0 Å². The summed E-state index contributed by atoms with van der Waals surface area (Å²) in [5.41, 5.74) is 4.13. The number of amides is 2. The summed E-state index contributed by atoms with van der Waals surface area (Å²) in [5, 5.41) is 2.94. The summed E-state index contributed by atoms with van der Waals surface area (Å²) in [5.74, 6) is 0. The fraction of sp³-hybridized carbons (Fsp3) is 0.800. The Morgan fingerprint density at radius 1 is 1.56 bits per heavy atom. The molecule has 0 unspecified atom stereocenters. The lowest BCUT2D eigenvalue weighted by Crippen LogP contribution is -2.48. The van der Waals surface area contributed by atoms with E-state index in [0.717, 1.165) is 13.2 Å². The summed E-state index contributed by atoms with van der Waals surface area (Å²) in [7, 11) is 5.08. The second-order valence-electron chi connectivity index (χ2n) is 3.77. The van der Waals surface area contributed by atoms with E-state index in [1.165, 1.54) is 11.9 Å². The van der Waals surface area contributed by atoms with Crippen molar-refractivity contribution in [3.63, 3.8) is 0 Å². The molecule has 3 N–H and O–H groups in total. The van der Waals surface area contributed by atoms with Gasteiger partial charge in [0, 0.05) is 20.7 Å². The number of nitrogens with zero attached hydrogens (tertiary/aromatic N) is 1. The van der Waals surface area contributed by atoms with E-state index in [0.29, 0.717) is 6.29 Å². The van der Waals surface area contributed by atoms with E-state index < -0.39 is 11.6 Å². The van der Waals surface area contributed by atoms with Crippen LogP contribution < -0.4 is 11.1 Å². The maximum absolute atomic E-state index is 10.5. The minimum Gasteiger partial charge on any atom is -0.383 e. The number of aldehydes is 1. The number of likely N-dealkylation sites (N-methyl/N-ethyl adjacent to an activating group) is 2. The summed E-state index contributed by atoms with van der Waals surface area (Å²) < 4.78 is 4.72. The molecular formula is C10H23N3O3. The van der Waals surface area contributed by atoms with Crippen molar-refractivity contribution in [2.75, 3.05) is 34.4 Å². The van der Waals surface area contributed by atoms with Crippen molar-refractivity contribution in [1.82, 2.24) is 10.2 Å². The molecule has 0 aliphatic rings. The highest BCUT2D eigenvalue weighted by Crippen LogP contribution is 2.06. The number of hydrogen-bond donors (Lipinski definition) is 2. The smallest absolute Gasteiger partial charge is 0.315 e. The van der Waals surface area contributed by atoms with Crippen LogP contribution in [0.25, 0.3) is 0 Å². The molecule has 6 nitrogen and oxygen atoms in total. The minimum atomic E-state index is -0.800. The third-order valence-corrected chi connectivity index (χ3v) is 2.04. The third kappa shape index (κ3) is 8.19. The number of hydrogen-bond acceptors (Lipinski definition) is 4. The molecule has 2 amide bonds. The molecule has 0 aromatic carbocycles. The summed E-state index contributed by atoms with van der Waals surface area (Å²) in [6, 6.07) is -0.600. The zero-order valence-electron chi connectivity index (χ0n) is 10.7. The molecule has 0 aliphatic heterocycles. The zero-order valence-corrected chi connectivity index (χ0v) is 10.7. The lowest BCUT2D eigenvalue weighted by molar-refractivity contribution is -0.114. The number of carbonyl (C=O) groups is 2. The van der Waals surface area contributed by atoms with Gasteiger partial charge in [-0.1, -0.05) is 0 Å². The van der Waals surface area contributed by atoms with E-state index in [1.54, 1.807) is 21.0 Å². The first-order valence-electron chi connectivity index (χ1n) is 4.96. The lowest BCUT2D eigenvalue weighted by atomic mass is 10.1. The van der Waals surface area contributed by atoms with Gasteiger partial charge in [-0.25, -0.2) is 4.79 Å². The first-order chi connectivity index (χ1) is 7.33. The SMILES string of the molecule is CN(C(N)=O)C(C)(C)C=O.CNCCOC. The fourth-order valence-corrected chi connectivity index (χ4v) is 0.567. The average Bonchev–Trinajstić information content (AvgIpc) is 2.25. The van der Waals surface area contributed by atoms with Gasteiger partial charge in [0.25, 0.3) is 0 Å². The molecule has 0 bridgehead atoms. The molecular weight excluding hydrogens is 210 g/mol. The molecule has 0 fully saturated rings. The number of ether oxygens (including phenoxy) is 1. The first-order valence-corrected chi connectivity index (χ1v) is 4.96. The quantitative estimate of drug-likeness (QED) is 0.510. The molecule has 0 aliphatic carbocycles. The molecule has 16 heavy (non-hydrogen) atoms. The topological polar surface area (TPSA) is 84.7 Å². The van der Waals surface area contributed by atoms with Crippen LogP contribution in [0, 0.1) is 0 Å². The average molecular weight is 233 g/mol. The summed E-state index contributed by atoms with van der Waals surface area (Å²) in [4.78, 5) is 22.0. The summed E-state index contributed by atoms with van der Waals surface area (Å²) >= 11 is 0. The van der Waals surface area contributed by atoms with Crippen LogP contribution in [0.2, 0.25) is 0 Å². The van der Waals surface area contributed by atoms with Crippen molar-refractivity contribution in [2.45, 2.75) is 19.4 Å². The van der Waals surface area contributed by atoms with Gasteiger partial charge in [0.15, 0.2) is 0 Å². The van der Waals surface area contributed by atoms with Crippen LogP contribution in [-0.4, -0.2) is 57.1 Å². The summed E-state index contributed by atoms with van der Waals surface area (Å²) in [6.07, 6.45) is 0.678. The molecule has 0 saturated carbocycles. The van der Waals surface area contributed by atoms with Gasteiger partial charge < -0.3 is 25.5 Å². The normalized spacial score (nSPS) is 10.1. The second kappa shape index (κ2) is 9.11. The Kier molecular flexibility index (Phi) is 9.83. The summed E-state index contributed by atoms with van der Waals surface area (Å²) in [6.45, 7) is 4.97. The van der Waals surface area contributed by atoms with E-state index in [-0.39, 0.29) is 0 Å². The van der Waals surface area contributed by atoms with Crippen LogP contribution in [0.5, 0.6) is 0 Å². The fourth-order valence-electron chi connectivity index (χ4n) is 0.567. The zero-order chi connectivity index (χ0) is 13.2. The number of primary amides is 1. The molecule has 0 aromatic rings. The maximum atomic E-state index is 10.5. The first kappa shape index (κ1) is 17.3. The van der Waals surface area contributed by atoms with Gasteiger partial charge in [-0.2, -0.15) is 0 Å². The van der Waals surface area contributed by atoms with Crippen LogP contribution in [0.15, 0.2) is 0 Å². The minimum absolute atomic E-state index is 0.600. The number of urea groups is 1. The van der Waals surface area contributed by atoms with E-state index in [9.17, 15) is 9.59 Å². The standard InChI is InChI=1S/C6H12N2O2.C4H11NO/c1-6(2,4-9)8(3)5(7)10;1-5-3-4-6-2/h4H,1-3H3,(H2,7,10);5H,3-4H2,1-2H3. The molecule has 0 aromatic heterocycles. The number of nitrogens with two attached hydrogens (primary N) is 1. The van der Waals surface area contributed by atoms with Crippen molar-refractivity contribution in [3.8, 4) is 0 Å². The number of rotatable bonds is 5. The van der Waals surface area contributed by atoms with Crippen molar-refractivity contribution in [1.29, 1.82) is 0 Å². The Morgan fingerprint density at radius 3 is 2.19 bits per heavy atom. The number of carbonyl (C=O) groups excluding carboxylic acids is 2. The molecule has 0 saturated heterocycles. The lowest BCUT2D eigenvalue weighted by Gasteiger charge is -2.28. The van der Waals surface area contributed by atoms with Gasteiger partial charge in [-0.15, -0.1) is 0 Å². The van der Waals surface area contributed by atoms with Crippen LogP contribution in [0.1, 0.15) is 13.8 Å². The second-order valence-corrected chi connectivity index (χ2v) is 3.77. The van der Waals surface area contributed by atoms with E-state index in [1.807, 2.05) is 7.05 Å². The molecule has 0 spiro atoms. The van der Waals surface area contributed by atoms with E-state index in [2.05, 4.69) is 5.32 Å². The Balaban J connectivity index is 0. The van der Waals surface area contributed by atoms with Gasteiger partial charge in [-0.05, 0) is 20.9 Å². The van der Waals surface area contributed by atoms with Crippen LogP contribution >= 0.6 is 0 Å². The van der Waals surface area contributed by atoms with Crippen LogP contribution in [0.4, 0.5) is 4.79 Å². The molecule has 96 valence electrons. The van der Waals surface area contributed by atoms with Crippen LogP contribution in [0.3, 0.4) is 0 Å². The Morgan fingerprint density at radius 2 is 2.06 bits per heavy atom. The predicted molar refractivity (Wildman–Crippen MR) is 63.3 cm³/mol. The predicted octanol–water partition coefficient (Wildman–Crippen LogP) is -0.173. The molecule has 0 rings (SSSR count). The monoisotopic (exact) mass is 233 g/mol. The van der Waals surface area contributed by atoms with E-state index in [4.69, 9.17) is 10.5 Å². The van der Waals surface area contributed by atoms with Gasteiger partial charge >= 0.3 is 6.03 Å². The highest BCUT2D eigenvalue weighted by atomic mass is 16.5. The van der Waals surface area contributed by atoms with E-state index >= 15 is 0 Å². The third-order valence-electron chi connectivity index (χ3n) is 2.04. The Bertz CT molecular complexity index is 203. The van der Waals surface area contributed by atoms with Crippen molar-refractivity contribution in [2.24, 2.45) is 5.73 Å². The Hall–Kier alpha value is -1.14. The van der Waals surface area contributed by atoms with Crippen molar-refractivity contribution < 1.29 is 14.3 Å². The number of methoxy groups -OCH3 is 1. The van der Waals surface area contributed by atoms with Crippen LogP contribution in [-0.2, 0) is 9.53 Å². The maximum Gasteiger partial charge on any atom is 0.315 e. The molecule has 6 heteroatoms. The largest absolute Gasteiger partial charge is 0.383 e. The highest BCUT2D eigenvalue weighted by molar-refractivity contribution is 5.78. The Labute approximate surface area is 97.1 Å². The van der Waals surface area contributed by atoms with Gasteiger partial charge in [0.2, 0.25) is 0 Å². The van der Waals surface area contributed by atoms with Gasteiger partial charge in [0.05, 0.1) is 12.1 Å². The van der Waals surface area contributed by atoms with Crippen molar-refractivity contribution in [3.05, 3.63) is 0 Å². The number of nitrogens with one attached hydrogen (secondary N) is 1. The molecule has 0 radical (unpaired) electrons. The van der Waals surface area contributed by atoms with Crippen molar-refractivity contribution >= 4 is 12.3 Å². The molecule has 0 atom stereocenters. The van der Waals surface area contributed by atoms with Gasteiger partial charge in [0.1, 0.15) is 6.29 Å². The molecule has 0 heterocycles. The highest BCUT2D eigenvalue weighted by Gasteiger charge is 2.24.